The smallest absolute Gasteiger partial charge is 0.0934 e. The van der Waals surface area contributed by atoms with Gasteiger partial charge in [0.15, 0.2) is 0 Å². The zero-order chi connectivity index (χ0) is 8.98. The van der Waals surface area contributed by atoms with E-state index in [0.717, 1.165) is 12.8 Å². The van der Waals surface area contributed by atoms with E-state index in [1.807, 2.05) is 0 Å². The fraction of sp³-hybridized carbons (Fsp3) is 0.900. The number of hydrogen-bond donors (Lipinski definition) is 0. The molecule has 0 N–H and O–H groups in total. The van der Waals surface area contributed by atoms with Crippen LogP contribution in [0.25, 0.3) is 0 Å². The summed E-state index contributed by atoms with van der Waals surface area (Å²) in [7, 11) is 0. The van der Waals surface area contributed by atoms with Crippen LogP contribution in [-0.2, 0) is 4.74 Å². The minimum Gasteiger partial charge on any atom is -0.366 e. The maximum absolute atomic E-state index is 8.94. The standard InChI is InChI=1S/C10H15NO/c1-9(2)7(6-11)4-5-10(3)8(9)12-10/h7-8H,4-5H2,1-3H3. The molecule has 0 aromatic carbocycles. The van der Waals surface area contributed by atoms with Crippen molar-refractivity contribution in [1.82, 2.24) is 0 Å². The third kappa shape index (κ3) is 0.834. The van der Waals surface area contributed by atoms with Crippen molar-refractivity contribution in [3.05, 3.63) is 0 Å². The van der Waals surface area contributed by atoms with Gasteiger partial charge in [-0.05, 0) is 19.8 Å². The first-order valence-electron chi connectivity index (χ1n) is 4.58. The first-order chi connectivity index (χ1) is 5.50. The van der Waals surface area contributed by atoms with Gasteiger partial charge < -0.3 is 4.74 Å². The highest BCUT2D eigenvalue weighted by Crippen LogP contribution is 2.58. The molecule has 2 rings (SSSR count). The van der Waals surface area contributed by atoms with Crippen LogP contribution >= 0.6 is 0 Å². The molecule has 3 unspecified atom stereocenters. The Kier molecular flexibility index (Phi) is 1.36. The summed E-state index contributed by atoms with van der Waals surface area (Å²) in [5.41, 5.74) is 0.165. The van der Waals surface area contributed by atoms with Crippen molar-refractivity contribution in [3.8, 4) is 6.07 Å². The summed E-state index contributed by atoms with van der Waals surface area (Å²) in [6, 6.07) is 2.39. The van der Waals surface area contributed by atoms with Gasteiger partial charge in [-0.25, -0.2) is 0 Å². The molecule has 0 aromatic heterocycles. The van der Waals surface area contributed by atoms with Crippen molar-refractivity contribution >= 4 is 0 Å². The highest BCUT2D eigenvalue weighted by atomic mass is 16.6. The number of nitrogens with zero attached hydrogens (tertiary/aromatic N) is 1. The predicted octanol–water partition coefficient (Wildman–Crippen LogP) is 2.10. The molecular formula is C10H15NO. The lowest BCUT2D eigenvalue weighted by molar-refractivity contribution is 0.177. The monoisotopic (exact) mass is 165 g/mol. The van der Waals surface area contributed by atoms with Crippen molar-refractivity contribution in [2.45, 2.75) is 45.3 Å². The molecular weight excluding hydrogens is 150 g/mol. The highest BCUT2D eigenvalue weighted by Gasteiger charge is 2.64. The van der Waals surface area contributed by atoms with Crippen molar-refractivity contribution < 1.29 is 4.74 Å². The van der Waals surface area contributed by atoms with Gasteiger partial charge in [-0.1, -0.05) is 13.8 Å². The lowest BCUT2D eigenvalue weighted by Crippen LogP contribution is -2.37. The zero-order valence-corrected chi connectivity index (χ0v) is 7.92. The largest absolute Gasteiger partial charge is 0.366 e. The SMILES string of the molecule is CC12CCC(C#N)C(C)(C)C1O2. The van der Waals surface area contributed by atoms with Crippen LogP contribution in [0.15, 0.2) is 0 Å². The van der Waals surface area contributed by atoms with Crippen LogP contribution in [0.4, 0.5) is 0 Å². The fourth-order valence-electron chi connectivity index (χ4n) is 2.58. The molecule has 0 amide bonds. The number of rotatable bonds is 0. The van der Waals surface area contributed by atoms with Crippen molar-refractivity contribution in [2.75, 3.05) is 0 Å². The van der Waals surface area contributed by atoms with Crippen LogP contribution in [-0.4, -0.2) is 11.7 Å². The van der Waals surface area contributed by atoms with Gasteiger partial charge in [0.25, 0.3) is 0 Å². The second-order valence-corrected chi connectivity index (χ2v) is 4.85. The molecule has 2 aliphatic rings. The zero-order valence-electron chi connectivity index (χ0n) is 7.92. The van der Waals surface area contributed by atoms with Gasteiger partial charge >= 0.3 is 0 Å². The first-order valence-corrected chi connectivity index (χ1v) is 4.58. The Morgan fingerprint density at radius 3 is 2.67 bits per heavy atom. The van der Waals surface area contributed by atoms with E-state index in [4.69, 9.17) is 10.00 Å². The van der Waals surface area contributed by atoms with E-state index >= 15 is 0 Å². The molecule has 1 saturated heterocycles. The van der Waals surface area contributed by atoms with Gasteiger partial charge in [0.1, 0.15) is 0 Å². The van der Waals surface area contributed by atoms with Crippen LogP contribution in [0.2, 0.25) is 0 Å². The summed E-state index contributed by atoms with van der Waals surface area (Å²) >= 11 is 0. The van der Waals surface area contributed by atoms with E-state index in [9.17, 15) is 0 Å². The van der Waals surface area contributed by atoms with Gasteiger partial charge in [-0.2, -0.15) is 5.26 Å². The second-order valence-electron chi connectivity index (χ2n) is 4.85. The van der Waals surface area contributed by atoms with Gasteiger partial charge in [-0.3, -0.25) is 0 Å². The minimum absolute atomic E-state index is 0.0573. The summed E-state index contributed by atoms with van der Waals surface area (Å²) in [5.74, 6) is 0.179. The summed E-state index contributed by atoms with van der Waals surface area (Å²) in [6.45, 7) is 6.46. The van der Waals surface area contributed by atoms with E-state index < -0.39 is 0 Å². The number of ether oxygens (including phenoxy) is 1. The Morgan fingerprint density at radius 1 is 1.42 bits per heavy atom. The minimum atomic E-state index is 0.0573. The Balaban J connectivity index is 2.23. The lowest BCUT2D eigenvalue weighted by atomic mass is 9.66. The van der Waals surface area contributed by atoms with Gasteiger partial charge in [0.2, 0.25) is 0 Å². The van der Waals surface area contributed by atoms with Crippen LogP contribution in [0, 0.1) is 22.7 Å². The Hall–Kier alpha value is -0.550. The maximum Gasteiger partial charge on any atom is 0.0934 e. The van der Waals surface area contributed by atoms with Crippen molar-refractivity contribution in [3.63, 3.8) is 0 Å². The molecule has 3 atom stereocenters. The molecule has 1 saturated carbocycles. The number of nitriles is 1. The highest BCUT2D eigenvalue weighted by molar-refractivity contribution is 5.15. The van der Waals surface area contributed by atoms with Gasteiger partial charge in [-0.15, -0.1) is 0 Å². The molecule has 0 bridgehead atoms. The average Bonchev–Trinajstić information content (AvgIpc) is 2.64. The Labute approximate surface area is 73.5 Å². The van der Waals surface area contributed by atoms with Crippen LogP contribution in [0.1, 0.15) is 33.6 Å². The third-order valence-electron chi connectivity index (χ3n) is 3.54. The molecule has 1 heterocycles. The lowest BCUT2D eigenvalue weighted by Gasteiger charge is -2.33. The molecule has 0 aromatic rings. The van der Waals surface area contributed by atoms with Gasteiger partial charge in [0.05, 0.1) is 23.7 Å². The quantitative estimate of drug-likeness (QED) is 0.515. The molecule has 0 spiro atoms. The molecule has 2 nitrogen and oxygen atoms in total. The second kappa shape index (κ2) is 2.03. The Morgan fingerprint density at radius 2 is 2.08 bits per heavy atom. The maximum atomic E-state index is 8.94. The molecule has 1 aliphatic carbocycles. The topological polar surface area (TPSA) is 36.3 Å². The number of hydrogen-bond acceptors (Lipinski definition) is 2. The first kappa shape index (κ1) is 8.07. The van der Waals surface area contributed by atoms with Crippen molar-refractivity contribution in [2.24, 2.45) is 11.3 Å². The predicted molar refractivity (Wildman–Crippen MR) is 45.4 cm³/mol. The molecule has 1 aliphatic heterocycles. The number of fused-ring (bicyclic) bond motifs is 1. The van der Waals surface area contributed by atoms with E-state index in [0.29, 0.717) is 6.10 Å². The summed E-state index contributed by atoms with van der Waals surface area (Å²) < 4.78 is 5.66. The normalized spacial score (nSPS) is 49.2. The molecule has 2 fully saturated rings. The van der Waals surface area contributed by atoms with E-state index in [1.165, 1.54) is 0 Å². The van der Waals surface area contributed by atoms with E-state index in [-0.39, 0.29) is 16.9 Å². The third-order valence-corrected chi connectivity index (χ3v) is 3.54. The van der Waals surface area contributed by atoms with E-state index in [1.54, 1.807) is 0 Å². The average molecular weight is 165 g/mol. The molecule has 2 heteroatoms. The molecule has 0 radical (unpaired) electrons. The van der Waals surface area contributed by atoms with Crippen LogP contribution in [0.3, 0.4) is 0 Å². The van der Waals surface area contributed by atoms with Crippen molar-refractivity contribution in [1.29, 1.82) is 5.26 Å². The van der Waals surface area contributed by atoms with Crippen LogP contribution < -0.4 is 0 Å². The molecule has 66 valence electrons. The summed E-state index contributed by atoms with van der Waals surface area (Å²) in [6.07, 6.45) is 2.37. The van der Waals surface area contributed by atoms with E-state index in [2.05, 4.69) is 26.8 Å². The van der Waals surface area contributed by atoms with Gasteiger partial charge in [0, 0.05) is 5.41 Å². The molecule has 12 heavy (non-hydrogen) atoms. The fourth-order valence-corrected chi connectivity index (χ4v) is 2.58. The number of epoxide rings is 1. The summed E-state index contributed by atoms with van der Waals surface area (Å²) in [5, 5.41) is 8.94. The van der Waals surface area contributed by atoms with Crippen LogP contribution in [0.5, 0.6) is 0 Å². The Bertz CT molecular complexity index is 253. The summed E-state index contributed by atoms with van der Waals surface area (Å²) in [4.78, 5) is 0.